The van der Waals surface area contributed by atoms with Gasteiger partial charge in [0.15, 0.2) is 11.2 Å². The van der Waals surface area contributed by atoms with Crippen molar-refractivity contribution in [1.82, 2.24) is 24.5 Å². The fourth-order valence-corrected chi connectivity index (χ4v) is 4.53. The maximum absolute atomic E-state index is 13.5. The smallest absolute Gasteiger partial charge is 0.266 e. The summed E-state index contributed by atoms with van der Waals surface area (Å²) in [6.07, 6.45) is 0. The molecule has 3 aromatic carbocycles. The zero-order chi connectivity index (χ0) is 22.2. The van der Waals surface area contributed by atoms with Crippen LogP contribution in [0.1, 0.15) is 0 Å². The second-order valence-corrected chi connectivity index (χ2v) is 8.56. The Bertz CT molecular complexity index is 1530. The van der Waals surface area contributed by atoms with Crippen molar-refractivity contribution in [1.29, 1.82) is 0 Å². The molecule has 2 heterocycles. The van der Waals surface area contributed by atoms with Crippen LogP contribution in [0.4, 0.5) is 4.39 Å². The molecule has 0 aliphatic rings. The molecule has 158 valence electrons. The molecule has 0 bridgehead atoms. The zero-order valence-corrected chi connectivity index (χ0v) is 17.8. The SMILES string of the molecule is O=c1c2nnn(-c3cccc(Cl)c3)c2nc(S(=O)c2ccc(F)cc2)n1-c1ccccc1. The number of para-hydroxylation sites is 1. The van der Waals surface area contributed by atoms with Gasteiger partial charge in [0.25, 0.3) is 5.56 Å². The molecule has 7 nitrogen and oxygen atoms in total. The largest absolute Gasteiger partial charge is 0.289 e. The van der Waals surface area contributed by atoms with E-state index in [-0.39, 0.29) is 16.3 Å². The van der Waals surface area contributed by atoms with Crippen LogP contribution >= 0.6 is 11.6 Å². The van der Waals surface area contributed by atoms with Crippen LogP contribution in [-0.4, -0.2) is 28.8 Å². The number of hydrogen-bond donors (Lipinski definition) is 0. The average molecular weight is 466 g/mol. The number of fused-ring (bicyclic) bond motifs is 1. The van der Waals surface area contributed by atoms with E-state index in [0.29, 0.717) is 21.3 Å². The normalized spacial score (nSPS) is 12.2. The Balaban J connectivity index is 1.81. The van der Waals surface area contributed by atoms with E-state index in [4.69, 9.17) is 11.6 Å². The van der Waals surface area contributed by atoms with Gasteiger partial charge in [0.1, 0.15) is 16.6 Å². The third kappa shape index (κ3) is 3.51. The Morgan fingerprint density at radius 3 is 2.34 bits per heavy atom. The van der Waals surface area contributed by atoms with Gasteiger partial charge in [0.2, 0.25) is 5.16 Å². The molecule has 1 atom stereocenters. The van der Waals surface area contributed by atoms with E-state index in [0.717, 1.165) is 0 Å². The molecule has 1 unspecified atom stereocenters. The molecule has 32 heavy (non-hydrogen) atoms. The van der Waals surface area contributed by atoms with Crippen molar-refractivity contribution in [3.05, 3.63) is 100 Å². The zero-order valence-electron chi connectivity index (χ0n) is 16.2. The summed E-state index contributed by atoms with van der Waals surface area (Å²) >= 11 is 6.10. The maximum atomic E-state index is 13.5. The molecule has 0 amide bonds. The van der Waals surface area contributed by atoms with Gasteiger partial charge in [0.05, 0.1) is 11.4 Å². The van der Waals surface area contributed by atoms with Crippen LogP contribution in [-0.2, 0) is 10.8 Å². The van der Waals surface area contributed by atoms with E-state index >= 15 is 0 Å². The third-order valence-electron chi connectivity index (χ3n) is 4.71. The quantitative estimate of drug-likeness (QED) is 0.376. The van der Waals surface area contributed by atoms with Crippen LogP contribution in [0, 0.1) is 5.82 Å². The summed E-state index contributed by atoms with van der Waals surface area (Å²) in [6, 6.07) is 20.7. The van der Waals surface area contributed by atoms with Gasteiger partial charge in [0, 0.05) is 9.92 Å². The number of aromatic nitrogens is 5. The number of hydrogen-bond acceptors (Lipinski definition) is 5. The molecule has 0 radical (unpaired) electrons. The Morgan fingerprint density at radius 1 is 0.906 bits per heavy atom. The van der Waals surface area contributed by atoms with Crippen molar-refractivity contribution in [2.24, 2.45) is 0 Å². The first-order valence-corrected chi connectivity index (χ1v) is 10.9. The van der Waals surface area contributed by atoms with Gasteiger partial charge in [-0.3, -0.25) is 9.36 Å². The lowest BCUT2D eigenvalue weighted by Gasteiger charge is -2.12. The standard InChI is InChI=1S/C22H13ClFN5O2S/c23-14-5-4-8-17(13-14)29-20-19(26-27-29)21(30)28(16-6-2-1-3-7-16)22(25-20)32(31)18-11-9-15(24)10-12-18/h1-13H. The van der Waals surface area contributed by atoms with Gasteiger partial charge in [-0.15, -0.1) is 5.10 Å². The molecule has 0 N–H and O–H groups in total. The lowest BCUT2D eigenvalue weighted by molar-refractivity contribution is 0.626. The van der Waals surface area contributed by atoms with Gasteiger partial charge in [-0.05, 0) is 54.6 Å². The fraction of sp³-hybridized carbons (Fsp3) is 0. The minimum Gasteiger partial charge on any atom is -0.266 e. The summed E-state index contributed by atoms with van der Waals surface area (Å²) in [5.41, 5.74) is 0.626. The van der Waals surface area contributed by atoms with Crippen molar-refractivity contribution >= 4 is 33.6 Å². The number of nitrogens with zero attached hydrogens (tertiary/aromatic N) is 5. The molecule has 0 aliphatic carbocycles. The molecular weight excluding hydrogens is 453 g/mol. The van der Waals surface area contributed by atoms with Crippen LogP contribution in [0.25, 0.3) is 22.5 Å². The van der Waals surface area contributed by atoms with Crippen LogP contribution in [0.2, 0.25) is 5.02 Å². The molecule has 10 heteroatoms. The highest BCUT2D eigenvalue weighted by molar-refractivity contribution is 7.85. The van der Waals surface area contributed by atoms with Crippen LogP contribution < -0.4 is 5.56 Å². The first kappa shape index (κ1) is 20.2. The molecule has 0 aliphatic heterocycles. The van der Waals surface area contributed by atoms with E-state index in [1.165, 1.54) is 33.5 Å². The van der Waals surface area contributed by atoms with Gasteiger partial charge in [-0.25, -0.2) is 8.60 Å². The minimum atomic E-state index is -1.90. The summed E-state index contributed by atoms with van der Waals surface area (Å²) < 4.78 is 29.5. The van der Waals surface area contributed by atoms with Crippen molar-refractivity contribution in [3.8, 4) is 11.4 Å². The molecule has 0 saturated heterocycles. The second kappa shape index (κ2) is 8.10. The first-order chi connectivity index (χ1) is 15.5. The summed E-state index contributed by atoms with van der Waals surface area (Å²) in [5, 5.41) is 8.53. The van der Waals surface area contributed by atoms with Gasteiger partial charge < -0.3 is 0 Å². The molecule has 5 aromatic rings. The molecular formula is C22H13ClFN5O2S. The molecule has 2 aromatic heterocycles. The van der Waals surface area contributed by atoms with E-state index in [2.05, 4.69) is 15.3 Å². The highest BCUT2D eigenvalue weighted by Crippen LogP contribution is 2.22. The van der Waals surface area contributed by atoms with Crippen LogP contribution in [0.15, 0.2) is 93.7 Å². The molecule has 0 fully saturated rings. The van der Waals surface area contributed by atoms with E-state index in [9.17, 15) is 13.4 Å². The van der Waals surface area contributed by atoms with Gasteiger partial charge >= 0.3 is 0 Å². The monoisotopic (exact) mass is 465 g/mol. The molecule has 0 saturated carbocycles. The Labute approximate surface area is 188 Å². The number of halogens is 2. The first-order valence-electron chi connectivity index (χ1n) is 9.40. The Kier molecular flexibility index (Phi) is 5.12. The second-order valence-electron chi connectivity index (χ2n) is 6.75. The van der Waals surface area contributed by atoms with Crippen molar-refractivity contribution < 1.29 is 8.60 Å². The fourth-order valence-electron chi connectivity index (χ4n) is 3.22. The van der Waals surface area contributed by atoms with Crippen LogP contribution in [0.3, 0.4) is 0 Å². The minimum absolute atomic E-state index is 0.00804. The highest BCUT2D eigenvalue weighted by atomic mass is 35.5. The highest BCUT2D eigenvalue weighted by Gasteiger charge is 2.23. The van der Waals surface area contributed by atoms with Gasteiger partial charge in [-0.2, -0.15) is 9.67 Å². The lowest BCUT2D eigenvalue weighted by Crippen LogP contribution is -2.25. The third-order valence-corrected chi connectivity index (χ3v) is 6.25. The number of rotatable bonds is 4. The summed E-state index contributed by atoms with van der Waals surface area (Å²) in [4.78, 5) is 18.3. The van der Waals surface area contributed by atoms with Crippen molar-refractivity contribution in [3.63, 3.8) is 0 Å². The van der Waals surface area contributed by atoms with Crippen LogP contribution in [0.5, 0.6) is 0 Å². The molecule has 5 rings (SSSR count). The van der Waals surface area contributed by atoms with Gasteiger partial charge in [-0.1, -0.05) is 41.1 Å². The Morgan fingerprint density at radius 2 is 1.62 bits per heavy atom. The average Bonchev–Trinajstić information content (AvgIpc) is 3.24. The summed E-state index contributed by atoms with van der Waals surface area (Å²) in [6.45, 7) is 0. The summed E-state index contributed by atoms with van der Waals surface area (Å²) in [7, 11) is -1.90. The van der Waals surface area contributed by atoms with Crippen molar-refractivity contribution in [2.45, 2.75) is 10.1 Å². The maximum Gasteiger partial charge on any atom is 0.289 e. The predicted octanol–water partition coefficient (Wildman–Crippen LogP) is 3.93. The van der Waals surface area contributed by atoms with E-state index < -0.39 is 22.2 Å². The Hall–Kier alpha value is -3.69. The topological polar surface area (TPSA) is 82.7 Å². The number of benzene rings is 3. The summed E-state index contributed by atoms with van der Waals surface area (Å²) in [5.74, 6) is -0.460. The van der Waals surface area contributed by atoms with Crippen molar-refractivity contribution in [2.75, 3.05) is 0 Å². The lowest BCUT2D eigenvalue weighted by atomic mass is 10.3. The van der Waals surface area contributed by atoms with E-state index in [1.54, 1.807) is 54.6 Å². The van der Waals surface area contributed by atoms with E-state index in [1.807, 2.05) is 0 Å². The molecule has 0 spiro atoms. The predicted molar refractivity (Wildman–Crippen MR) is 118 cm³/mol.